The van der Waals surface area contributed by atoms with E-state index in [0.717, 1.165) is 16.7 Å². The fourth-order valence-corrected chi connectivity index (χ4v) is 1.25. The van der Waals surface area contributed by atoms with Gasteiger partial charge in [-0.2, -0.15) is 0 Å². The molecule has 1 aromatic rings. The molecule has 1 unspecified atom stereocenters. The van der Waals surface area contributed by atoms with Gasteiger partial charge in [-0.25, -0.2) is 0 Å². The predicted molar refractivity (Wildman–Crippen MR) is 51.8 cm³/mol. The van der Waals surface area contributed by atoms with Crippen LogP contribution in [-0.2, 0) is 0 Å². The molecule has 1 heteroatoms. The van der Waals surface area contributed by atoms with Crippen LogP contribution < -0.4 is 0 Å². The van der Waals surface area contributed by atoms with Crippen LogP contribution in [0.1, 0.15) is 31.1 Å². The maximum Gasteiger partial charge on any atom is 0.0767 e. The molecule has 0 heterocycles. The van der Waals surface area contributed by atoms with E-state index in [-0.39, 0.29) is 0 Å². The molecule has 64 valence electrons. The number of allylic oxidation sites excluding steroid dienone is 1. The van der Waals surface area contributed by atoms with Crippen LogP contribution in [0.3, 0.4) is 0 Å². The molecule has 0 bridgehead atoms. The van der Waals surface area contributed by atoms with Crippen molar-refractivity contribution in [1.82, 2.24) is 0 Å². The van der Waals surface area contributed by atoms with Crippen molar-refractivity contribution in [2.24, 2.45) is 0 Å². The van der Waals surface area contributed by atoms with Gasteiger partial charge in [0.1, 0.15) is 0 Å². The SMILES string of the molecule is C=C(C)c1ccccc1C(C)O. The van der Waals surface area contributed by atoms with Crippen molar-refractivity contribution in [2.75, 3.05) is 0 Å². The lowest BCUT2D eigenvalue weighted by atomic mass is 9.99. The number of aliphatic hydroxyl groups is 1. The zero-order valence-electron chi connectivity index (χ0n) is 7.54. The Balaban J connectivity index is 3.17. The summed E-state index contributed by atoms with van der Waals surface area (Å²) >= 11 is 0. The van der Waals surface area contributed by atoms with Crippen LogP contribution >= 0.6 is 0 Å². The number of hydrogen-bond donors (Lipinski definition) is 1. The van der Waals surface area contributed by atoms with Crippen molar-refractivity contribution < 1.29 is 5.11 Å². The predicted octanol–water partition coefficient (Wildman–Crippen LogP) is 2.77. The third-order valence-corrected chi connectivity index (χ3v) is 1.87. The highest BCUT2D eigenvalue weighted by Gasteiger charge is 2.06. The first-order valence-corrected chi connectivity index (χ1v) is 4.06. The minimum atomic E-state index is -0.419. The quantitative estimate of drug-likeness (QED) is 0.709. The van der Waals surface area contributed by atoms with E-state index in [9.17, 15) is 5.11 Å². The van der Waals surface area contributed by atoms with Crippen molar-refractivity contribution in [1.29, 1.82) is 0 Å². The smallest absolute Gasteiger partial charge is 0.0767 e. The van der Waals surface area contributed by atoms with Crippen LogP contribution in [-0.4, -0.2) is 5.11 Å². The molecule has 0 aliphatic heterocycles. The largest absolute Gasteiger partial charge is 0.389 e. The second-order valence-corrected chi connectivity index (χ2v) is 3.04. The van der Waals surface area contributed by atoms with E-state index >= 15 is 0 Å². The maximum absolute atomic E-state index is 9.41. The van der Waals surface area contributed by atoms with Crippen LogP contribution in [0, 0.1) is 0 Å². The Morgan fingerprint density at radius 2 is 2.00 bits per heavy atom. The standard InChI is InChI=1S/C11H14O/c1-8(2)10-6-4-5-7-11(10)9(3)12/h4-7,9,12H,1H2,2-3H3. The lowest BCUT2D eigenvalue weighted by Gasteiger charge is -2.10. The molecule has 1 nitrogen and oxygen atoms in total. The fourth-order valence-electron chi connectivity index (χ4n) is 1.25. The van der Waals surface area contributed by atoms with Gasteiger partial charge in [-0.3, -0.25) is 0 Å². The minimum absolute atomic E-state index is 0.419. The Labute approximate surface area is 73.4 Å². The van der Waals surface area contributed by atoms with E-state index in [4.69, 9.17) is 0 Å². The van der Waals surface area contributed by atoms with Gasteiger partial charge < -0.3 is 5.11 Å². The molecule has 0 amide bonds. The Morgan fingerprint density at radius 3 is 2.42 bits per heavy atom. The average Bonchev–Trinajstić information content (AvgIpc) is 2.04. The first kappa shape index (κ1) is 9.01. The van der Waals surface area contributed by atoms with Gasteiger partial charge >= 0.3 is 0 Å². The maximum atomic E-state index is 9.41. The van der Waals surface area contributed by atoms with Crippen LogP contribution in [0.25, 0.3) is 5.57 Å². The Bertz CT molecular complexity index is 287. The summed E-state index contributed by atoms with van der Waals surface area (Å²) in [4.78, 5) is 0. The number of benzene rings is 1. The average molecular weight is 162 g/mol. The molecule has 0 saturated carbocycles. The minimum Gasteiger partial charge on any atom is -0.389 e. The van der Waals surface area contributed by atoms with E-state index in [0.29, 0.717) is 0 Å². The Hall–Kier alpha value is -1.08. The Morgan fingerprint density at radius 1 is 1.42 bits per heavy atom. The molecule has 1 rings (SSSR count). The van der Waals surface area contributed by atoms with Gasteiger partial charge in [0.15, 0.2) is 0 Å². The molecule has 0 saturated heterocycles. The molecule has 0 aliphatic carbocycles. The third kappa shape index (κ3) is 1.74. The van der Waals surface area contributed by atoms with Crippen molar-refractivity contribution in [3.63, 3.8) is 0 Å². The van der Waals surface area contributed by atoms with Crippen LogP contribution in [0.2, 0.25) is 0 Å². The molecular weight excluding hydrogens is 148 g/mol. The van der Waals surface area contributed by atoms with Gasteiger partial charge in [-0.15, -0.1) is 0 Å². The number of hydrogen-bond acceptors (Lipinski definition) is 1. The van der Waals surface area contributed by atoms with Crippen molar-refractivity contribution in [3.05, 3.63) is 42.0 Å². The van der Waals surface area contributed by atoms with Crippen molar-refractivity contribution in [2.45, 2.75) is 20.0 Å². The summed E-state index contributed by atoms with van der Waals surface area (Å²) in [6.07, 6.45) is -0.419. The highest BCUT2D eigenvalue weighted by Crippen LogP contribution is 2.22. The molecule has 0 aliphatic rings. The lowest BCUT2D eigenvalue weighted by molar-refractivity contribution is 0.199. The summed E-state index contributed by atoms with van der Waals surface area (Å²) in [6, 6.07) is 7.78. The van der Waals surface area contributed by atoms with E-state index in [2.05, 4.69) is 6.58 Å². The summed E-state index contributed by atoms with van der Waals surface area (Å²) in [6.45, 7) is 7.57. The summed E-state index contributed by atoms with van der Waals surface area (Å²) < 4.78 is 0. The molecule has 1 N–H and O–H groups in total. The van der Waals surface area contributed by atoms with Crippen LogP contribution in [0.5, 0.6) is 0 Å². The van der Waals surface area contributed by atoms with Crippen molar-refractivity contribution >= 4 is 5.57 Å². The molecule has 0 spiro atoms. The summed E-state index contributed by atoms with van der Waals surface area (Å²) in [5, 5.41) is 9.41. The molecule has 0 fully saturated rings. The second-order valence-electron chi connectivity index (χ2n) is 3.04. The molecule has 12 heavy (non-hydrogen) atoms. The van der Waals surface area contributed by atoms with Gasteiger partial charge in [-0.1, -0.05) is 36.4 Å². The second kappa shape index (κ2) is 3.55. The zero-order chi connectivity index (χ0) is 9.14. The van der Waals surface area contributed by atoms with Gasteiger partial charge in [0.05, 0.1) is 6.10 Å². The van der Waals surface area contributed by atoms with Crippen molar-refractivity contribution in [3.8, 4) is 0 Å². The first-order valence-electron chi connectivity index (χ1n) is 4.06. The highest BCUT2D eigenvalue weighted by atomic mass is 16.3. The van der Waals surface area contributed by atoms with E-state index in [1.165, 1.54) is 0 Å². The molecule has 0 aromatic heterocycles. The third-order valence-electron chi connectivity index (χ3n) is 1.87. The number of aliphatic hydroxyl groups excluding tert-OH is 1. The van der Waals surface area contributed by atoms with Gasteiger partial charge in [0.25, 0.3) is 0 Å². The van der Waals surface area contributed by atoms with Crippen LogP contribution in [0.4, 0.5) is 0 Å². The number of rotatable bonds is 2. The highest BCUT2D eigenvalue weighted by molar-refractivity contribution is 5.64. The lowest BCUT2D eigenvalue weighted by Crippen LogP contribution is -1.95. The van der Waals surface area contributed by atoms with E-state index in [1.807, 2.05) is 31.2 Å². The van der Waals surface area contributed by atoms with Crippen LogP contribution in [0.15, 0.2) is 30.8 Å². The Kier molecular flexibility index (Phi) is 2.66. The van der Waals surface area contributed by atoms with E-state index < -0.39 is 6.10 Å². The van der Waals surface area contributed by atoms with Gasteiger partial charge in [-0.05, 0) is 25.0 Å². The summed E-state index contributed by atoms with van der Waals surface area (Å²) in [5.74, 6) is 0. The topological polar surface area (TPSA) is 20.2 Å². The van der Waals surface area contributed by atoms with Gasteiger partial charge in [0.2, 0.25) is 0 Å². The van der Waals surface area contributed by atoms with E-state index in [1.54, 1.807) is 6.92 Å². The normalized spacial score (nSPS) is 12.6. The zero-order valence-corrected chi connectivity index (χ0v) is 7.54. The first-order chi connectivity index (χ1) is 5.63. The summed E-state index contributed by atoms with van der Waals surface area (Å²) in [5.41, 5.74) is 2.99. The monoisotopic (exact) mass is 162 g/mol. The summed E-state index contributed by atoms with van der Waals surface area (Å²) in [7, 11) is 0. The molecule has 1 atom stereocenters. The molecule has 0 radical (unpaired) electrons. The molecular formula is C11H14O. The molecule has 1 aromatic carbocycles. The van der Waals surface area contributed by atoms with Gasteiger partial charge in [0, 0.05) is 0 Å². The fraction of sp³-hybridized carbons (Fsp3) is 0.273.